The molecular formula is C11H14ClFN2O. The second-order valence-corrected chi connectivity index (χ2v) is 4.58. The molecule has 0 spiro atoms. The highest BCUT2D eigenvalue weighted by Gasteiger charge is 2.19. The lowest BCUT2D eigenvalue weighted by Gasteiger charge is -2.24. The zero-order valence-corrected chi connectivity index (χ0v) is 9.94. The van der Waals surface area contributed by atoms with Crippen molar-refractivity contribution in [1.82, 2.24) is 5.32 Å². The van der Waals surface area contributed by atoms with Gasteiger partial charge in [0.15, 0.2) is 0 Å². The second-order valence-electron chi connectivity index (χ2n) is 4.17. The van der Waals surface area contributed by atoms with Crippen LogP contribution >= 0.6 is 11.6 Å². The van der Waals surface area contributed by atoms with Crippen LogP contribution in [0.4, 0.5) is 4.39 Å². The number of nitrogens with two attached hydrogens (primary N) is 1. The van der Waals surface area contributed by atoms with Gasteiger partial charge < -0.3 is 11.1 Å². The summed E-state index contributed by atoms with van der Waals surface area (Å²) in [5.41, 5.74) is 5.18. The van der Waals surface area contributed by atoms with Crippen LogP contribution in [-0.2, 0) is 0 Å². The molecule has 0 fully saturated rings. The number of benzene rings is 1. The third-order valence-electron chi connectivity index (χ3n) is 2.14. The van der Waals surface area contributed by atoms with Gasteiger partial charge in [-0.15, -0.1) is 0 Å². The SMILES string of the molecule is CC(C)(CN)NC(=O)c1ccc(Cl)c(F)c1. The van der Waals surface area contributed by atoms with Crippen molar-refractivity contribution < 1.29 is 9.18 Å². The molecule has 0 aliphatic rings. The van der Waals surface area contributed by atoms with E-state index in [4.69, 9.17) is 17.3 Å². The number of halogens is 2. The van der Waals surface area contributed by atoms with Crippen LogP contribution in [0.5, 0.6) is 0 Å². The Bertz CT molecular complexity index is 407. The van der Waals surface area contributed by atoms with Gasteiger partial charge in [0.2, 0.25) is 0 Å². The lowest BCUT2D eigenvalue weighted by atomic mass is 10.1. The Labute approximate surface area is 98.8 Å². The van der Waals surface area contributed by atoms with Gasteiger partial charge in [-0.1, -0.05) is 11.6 Å². The van der Waals surface area contributed by atoms with Crippen molar-refractivity contribution in [2.45, 2.75) is 19.4 Å². The minimum absolute atomic E-state index is 0.00497. The number of hydrogen-bond acceptors (Lipinski definition) is 2. The lowest BCUT2D eigenvalue weighted by molar-refractivity contribution is 0.0915. The van der Waals surface area contributed by atoms with E-state index in [9.17, 15) is 9.18 Å². The van der Waals surface area contributed by atoms with E-state index in [1.165, 1.54) is 12.1 Å². The maximum absolute atomic E-state index is 13.1. The first-order valence-electron chi connectivity index (χ1n) is 4.83. The normalized spacial score (nSPS) is 11.3. The quantitative estimate of drug-likeness (QED) is 0.854. The number of nitrogens with one attached hydrogen (secondary N) is 1. The molecule has 1 aromatic rings. The molecule has 3 N–H and O–H groups in total. The summed E-state index contributed by atoms with van der Waals surface area (Å²) in [6.45, 7) is 3.88. The molecule has 3 nitrogen and oxygen atoms in total. The fourth-order valence-electron chi connectivity index (χ4n) is 1.07. The maximum atomic E-state index is 13.1. The number of hydrogen-bond donors (Lipinski definition) is 2. The molecule has 0 atom stereocenters. The van der Waals surface area contributed by atoms with Crippen molar-refractivity contribution in [3.05, 3.63) is 34.6 Å². The van der Waals surface area contributed by atoms with E-state index in [1.807, 2.05) is 0 Å². The van der Waals surface area contributed by atoms with Crippen LogP contribution in [-0.4, -0.2) is 18.0 Å². The number of rotatable bonds is 3. The third kappa shape index (κ3) is 3.18. The molecule has 1 amide bonds. The summed E-state index contributed by atoms with van der Waals surface area (Å²) in [5.74, 6) is -0.981. The van der Waals surface area contributed by atoms with Crippen molar-refractivity contribution in [3.63, 3.8) is 0 Å². The van der Waals surface area contributed by atoms with Crippen LogP contribution in [0.15, 0.2) is 18.2 Å². The molecule has 88 valence electrons. The van der Waals surface area contributed by atoms with Gasteiger partial charge in [0.25, 0.3) is 5.91 Å². The van der Waals surface area contributed by atoms with E-state index in [-0.39, 0.29) is 16.5 Å². The summed E-state index contributed by atoms with van der Waals surface area (Å²) in [6, 6.07) is 3.92. The van der Waals surface area contributed by atoms with Crippen molar-refractivity contribution >= 4 is 17.5 Å². The summed E-state index contributed by atoms with van der Waals surface area (Å²) in [7, 11) is 0. The molecule has 0 bridgehead atoms. The first-order valence-corrected chi connectivity index (χ1v) is 5.21. The number of amides is 1. The Hall–Kier alpha value is -1.13. The van der Waals surface area contributed by atoms with Gasteiger partial charge in [-0.25, -0.2) is 4.39 Å². The van der Waals surface area contributed by atoms with Crippen LogP contribution in [0, 0.1) is 5.82 Å². The van der Waals surface area contributed by atoms with Crippen LogP contribution in [0.25, 0.3) is 0 Å². The van der Waals surface area contributed by atoms with Crippen LogP contribution in [0.1, 0.15) is 24.2 Å². The highest BCUT2D eigenvalue weighted by molar-refractivity contribution is 6.30. The van der Waals surface area contributed by atoms with Crippen LogP contribution in [0.3, 0.4) is 0 Å². The Morgan fingerprint density at radius 2 is 2.19 bits per heavy atom. The van der Waals surface area contributed by atoms with Crippen molar-refractivity contribution in [2.24, 2.45) is 5.73 Å². The van der Waals surface area contributed by atoms with Crippen LogP contribution in [0.2, 0.25) is 5.02 Å². The molecule has 0 aliphatic carbocycles. The van der Waals surface area contributed by atoms with Gasteiger partial charge in [0.05, 0.1) is 5.02 Å². The fourth-order valence-corrected chi connectivity index (χ4v) is 1.19. The summed E-state index contributed by atoms with van der Waals surface area (Å²) in [4.78, 5) is 11.7. The first-order chi connectivity index (χ1) is 7.35. The Balaban J connectivity index is 2.85. The molecule has 16 heavy (non-hydrogen) atoms. The van der Waals surface area contributed by atoms with Gasteiger partial charge in [-0.3, -0.25) is 4.79 Å². The van der Waals surface area contributed by atoms with Gasteiger partial charge in [0.1, 0.15) is 5.82 Å². The topological polar surface area (TPSA) is 55.1 Å². The third-order valence-corrected chi connectivity index (χ3v) is 2.45. The van der Waals surface area contributed by atoms with Gasteiger partial charge in [-0.05, 0) is 32.0 Å². The van der Waals surface area contributed by atoms with Gasteiger partial charge >= 0.3 is 0 Å². The number of carbonyl (C=O) groups excluding carboxylic acids is 1. The summed E-state index contributed by atoms with van der Waals surface area (Å²) < 4.78 is 13.1. The molecule has 5 heteroatoms. The lowest BCUT2D eigenvalue weighted by Crippen LogP contribution is -2.48. The van der Waals surface area contributed by atoms with E-state index < -0.39 is 11.4 Å². The summed E-state index contributed by atoms with van der Waals surface area (Å²) >= 11 is 5.52. The zero-order valence-electron chi connectivity index (χ0n) is 9.18. The predicted molar refractivity (Wildman–Crippen MR) is 62.0 cm³/mol. The van der Waals surface area contributed by atoms with E-state index in [0.29, 0.717) is 6.54 Å². The van der Waals surface area contributed by atoms with Crippen molar-refractivity contribution in [3.8, 4) is 0 Å². The zero-order chi connectivity index (χ0) is 12.3. The summed E-state index contributed by atoms with van der Waals surface area (Å²) in [6.07, 6.45) is 0. The second kappa shape index (κ2) is 4.80. The van der Waals surface area contributed by atoms with Crippen LogP contribution < -0.4 is 11.1 Å². The molecule has 0 radical (unpaired) electrons. The van der Waals surface area contributed by atoms with Gasteiger partial charge in [-0.2, -0.15) is 0 Å². The molecule has 1 aromatic carbocycles. The molecule has 1 rings (SSSR count). The van der Waals surface area contributed by atoms with Crippen molar-refractivity contribution in [1.29, 1.82) is 0 Å². The highest BCUT2D eigenvalue weighted by atomic mass is 35.5. The van der Waals surface area contributed by atoms with E-state index in [0.717, 1.165) is 6.07 Å². The van der Waals surface area contributed by atoms with E-state index in [2.05, 4.69) is 5.32 Å². The van der Waals surface area contributed by atoms with Crippen molar-refractivity contribution in [2.75, 3.05) is 6.54 Å². The molecule has 0 unspecified atom stereocenters. The number of carbonyl (C=O) groups is 1. The van der Waals surface area contributed by atoms with E-state index >= 15 is 0 Å². The molecular weight excluding hydrogens is 231 g/mol. The molecule has 0 aliphatic heterocycles. The fraction of sp³-hybridized carbons (Fsp3) is 0.364. The largest absolute Gasteiger partial charge is 0.346 e. The monoisotopic (exact) mass is 244 g/mol. The minimum Gasteiger partial charge on any atom is -0.346 e. The molecule has 0 aromatic heterocycles. The molecule has 0 saturated heterocycles. The Morgan fingerprint density at radius 3 is 2.69 bits per heavy atom. The minimum atomic E-state index is -0.611. The standard InChI is InChI=1S/C11H14ClFN2O/c1-11(2,6-14)15-10(16)7-3-4-8(12)9(13)5-7/h3-5H,6,14H2,1-2H3,(H,15,16). The average Bonchev–Trinajstić information content (AvgIpc) is 2.21. The summed E-state index contributed by atoms with van der Waals surface area (Å²) in [5, 5.41) is 2.69. The highest BCUT2D eigenvalue weighted by Crippen LogP contribution is 2.16. The molecule has 0 heterocycles. The molecule has 0 saturated carbocycles. The Kier molecular flexibility index (Phi) is 3.88. The van der Waals surface area contributed by atoms with E-state index in [1.54, 1.807) is 13.8 Å². The smallest absolute Gasteiger partial charge is 0.251 e. The predicted octanol–water partition coefficient (Wildman–Crippen LogP) is 1.95. The van der Waals surface area contributed by atoms with Gasteiger partial charge in [0, 0.05) is 17.6 Å². The Morgan fingerprint density at radius 1 is 1.56 bits per heavy atom. The first kappa shape index (κ1) is 12.9. The average molecular weight is 245 g/mol. The maximum Gasteiger partial charge on any atom is 0.251 e.